The normalized spacial score (nSPS) is 11.4. The van der Waals surface area contributed by atoms with E-state index in [9.17, 15) is 13.2 Å². The molecule has 0 aromatic carbocycles. The lowest BCUT2D eigenvalue weighted by molar-refractivity contribution is -0.120. The molecule has 1 aromatic rings. The minimum Gasteiger partial charge on any atom is -0.345 e. The Bertz CT molecular complexity index is 421. The Morgan fingerprint density at radius 1 is 1.47 bits per heavy atom. The van der Waals surface area contributed by atoms with E-state index in [4.69, 9.17) is 5.26 Å². The molecule has 0 spiro atoms. The van der Waals surface area contributed by atoms with Crippen LogP contribution in [-0.2, 0) is 0 Å². The zero-order chi connectivity index (χ0) is 13.1. The summed E-state index contributed by atoms with van der Waals surface area (Å²) in [6.45, 7) is 2.21. The molecule has 0 radical (unpaired) electrons. The molecule has 1 rings (SSSR count). The van der Waals surface area contributed by atoms with Gasteiger partial charge in [-0.2, -0.15) is 18.4 Å². The zero-order valence-electron chi connectivity index (χ0n) is 9.49. The number of nitriles is 1. The van der Waals surface area contributed by atoms with Gasteiger partial charge in [0.25, 0.3) is 0 Å². The molecule has 0 saturated carbocycles. The summed E-state index contributed by atoms with van der Waals surface area (Å²) in [6, 6.07) is 4.33. The molecule has 0 aliphatic heterocycles. The Hall–Kier alpha value is -1.77. The van der Waals surface area contributed by atoms with Gasteiger partial charge < -0.3 is 4.90 Å². The minimum atomic E-state index is -4.30. The SMILES string of the molecule is CC(C)N(CC(F)(F)F)c1cc(C#N)ccn1. The topological polar surface area (TPSA) is 39.9 Å². The van der Waals surface area contributed by atoms with Gasteiger partial charge in [-0.1, -0.05) is 0 Å². The van der Waals surface area contributed by atoms with Crippen molar-refractivity contribution in [2.45, 2.75) is 26.1 Å². The minimum absolute atomic E-state index is 0.163. The molecule has 0 unspecified atom stereocenters. The van der Waals surface area contributed by atoms with Crippen molar-refractivity contribution >= 4 is 5.82 Å². The molecule has 1 heterocycles. The van der Waals surface area contributed by atoms with Crippen molar-refractivity contribution in [3.05, 3.63) is 23.9 Å². The van der Waals surface area contributed by atoms with E-state index in [1.807, 2.05) is 6.07 Å². The van der Waals surface area contributed by atoms with E-state index in [0.717, 1.165) is 4.90 Å². The maximum atomic E-state index is 12.4. The number of hydrogen-bond donors (Lipinski definition) is 0. The molecule has 1 aromatic heterocycles. The van der Waals surface area contributed by atoms with E-state index in [2.05, 4.69) is 4.98 Å². The third-order valence-corrected chi connectivity index (χ3v) is 2.14. The number of alkyl halides is 3. The number of rotatable bonds is 3. The van der Waals surface area contributed by atoms with Crippen LogP contribution in [-0.4, -0.2) is 23.7 Å². The van der Waals surface area contributed by atoms with E-state index >= 15 is 0 Å². The summed E-state index contributed by atoms with van der Waals surface area (Å²) in [5.74, 6) is 0.163. The first-order chi connectivity index (χ1) is 7.83. The molecule has 0 N–H and O–H groups in total. The lowest BCUT2D eigenvalue weighted by Crippen LogP contribution is -2.39. The van der Waals surface area contributed by atoms with E-state index < -0.39 is 12.7 Å². The average molecular weight is 243 g/mol. The van der Waals surface area contributed by atoms with Crippen LogP contribution in [0, 0.1) is 11.3 Å². The van der Waals surface area contributed by atoms with Crippen molar-refractivity contribution < 1.29 is 13.2 Å². The number of nitrogens with zero attached hydrogens (tertiary/aromatic N) is 3. The van der Waals surface area contributed by atoms with Crippen LogP contribution in [0.5, 0.6) is 0 Å². The molecular formula is C11H12F3N3. The Labute approximate surface area is 97.5 Å². The Balaban J connectivity index is 3.02. The molecule has 17 heavy (non-hydrogen) atoms. The van der Waals surface area contributed by atoms with E-state index in [0.29, 0.717) is 5.56 Å². The second-order valence-electron chi connectivity index (χ2n) is 3.85. The van der Waals surface area contributed by atoms with Gasteiger partial charge in [0.1, 0.15) is 12.4 Å². The Morgan fingerprint density at radius 3 is 2.59 bits per heavy atom. The highest BCUT2D eigenvalue weighted by Gasteiger charge is 2.32. The summed E-state index contributed by atoms with van der Waals surface area (Å²) < 4.78 is 37.2. The molecule has 3 nitrogen and oxygen atoms in total. The lowest BCUT2D eigenvalue weighted by atomic mass is 10.2. The summed E-state index contributed by atoms with van der Waals surface area (Å²) in [7, 11) is 0. The second kappa shape index (κ2) is 5.04. The Morgan fingerprint density at radius 2 is 2.12 bits per heavy atom. The van der Waals surface area contributed by atoms with Gasteiger partial charge in [0.2, 0.25) is 0 Å². The molecule has 0 atom stereocenters. The highest BCUT2D eigenvalue weighted by Crippen LogP contribution is 2.22. The van der Waals surface area contributed by atoms with Crippen LogP contribution in [0.25, 0.3) is 0 Å². The quantitative estimate of drug-likeness (QED) is 0.819. The molecule has 92 valence electrons. The molecule has 0 saturated heterocycles. The summed E-state index contributed by atoms with van der Waals surface area (Å²) >= 11 is 0. The number of pyridine rings is 1. The second-order valence-corrected chi connectivity index (χ2v) is 3.85. The summed E-state index contributed by atoms with van der Waals surface area (Å²) in [6.07, 6.45) is -2.96. The van der Waals surface area contributed by atoms with E-state index in [1.54, 1.807) is 13.8 Å². The maximum absolute atomic E-state index is 12.4. The van der Waals surface area contributed by atoms with Crippen molar-refractivity contribution in [1.29, 1.82) is 5.26 Å². The van der Waals surface area contributed by atoms with Crippen LogP contribution in [0.2, 0.25) is 0 Å². The van der Waals surface area contributed by atoms with Crippen LogP contribution in [0.1, 0.15) is 19.4 Å². The zero-order valence-corrected chi connectivity index (χ0v) is 9.49. The van der Waals surface area contributed by atoms with Crippen LogP contribution in [0.4, 0.5) is 19.0 Å². The van der Waals surface area contributed by atoms with Gasteiger partial charge >= 0.3 is 6.18 Å². The van der Waals surface area contributed by atoms with Gasteiger partial charge in [-0.25, -0.2) is 4.98 Å². The predicted octanol–water partition coefficient (Wildman–Crippen LogP) is 2.73. The van der Waals surface area contributed by atoms with Gasteiger partial charge in [-0.15, -0.1) is 0 Å². The van der Waals surface area contributed by atoms with Crippen molar-refractivity contribution in [3.8, 4) is 6.07 Å². The average Bonchev–Trinajstić information content (AvgIpc) is 2.24. The predicted molar refractivity (Wildman–Crippen MR) is 57.5 cm³/mol. The molecular weight excluding hydrogens is 231 g/mol. The molecule has 0 bridgehead atoms. The first-order valence-corrected chi connectivity index (χ1v) is 5.03. The highest BCUT2D eigenvalue weighted by atomic mass is 19.4. The van der Waals surface area contributed by atoms with Gasteiger partial charge in [0.15, 0.2) is 0 Å². The fraction of sp³-hybridized carbons (Fsp3) is 0.455. The highest BCUT2D eigenvalue weighted by molar-refractivity contribution is 5.45. The van der Waals surface area contributed by atoms with Crippen molar-refractivity contribution in [2.24, 2.45) is 0 Å². The smallest absolute Gasteiger partial charge is 0.345 e. The third-order valence-electron chi connectivity index (χ3n) is 2.14. The van der Waals surface area contributed by atoms with Crippen LogP contribution in [0.3, 0.4) is 0 Å². The van der Waals surface area contributed by atoms with Gasteiger partial charge in [0.05, 0.1) is 11.6 Å². The lowest BCUT2D eigenvalue weighted by Gasteiger charge is -2.28. The number of aromatic nitrogens is 1. The molecule has 0 aliphatic rings. The number of hydrogen-bond acceptors (Lipinski definition) is 3. The van der Waals surface area contributed by atoms with Crippen LogP contribution in [0.15, 0.2) is 18.3 Å². The van der Waals surface area contributed by atoms with Gasteiger partial charge in [-0.05, 0) is 26.0 Å². The fourth-order valence-electron chi connectivity index (χ4n) is 1.37. The maximum Gasteiger partial charge on any atom is 0.405 e. The first-order valence-electron chi connectivity index (χ1n) is 5.03. The van der Waals surface area contributed by atoms with Crippen LogP contribution < -0.4 is 4.90 Å². The van der Waals surface area contributed by atoms with Crippen molar-refractivity contribution in [2.75, 3.05) is 11.4 Å². The number of anilines is 1. The van der Waals surface area contributed by atoms with E-state index in [-0.39, 0.29) is 11.9 Å². The third kappa shape index (κ3) is 3.94. The molecule has 6 heteroatoms. The molecule has 0 aliphatic carbocycles. The van der Waals surface area contributed by atoms with Crippen LogP contribution >= 0.6 is 0 Å². The largest absolute Gasteiger partial charge is 0.405 e. The van der Waals surface area contributed by atoms with E-state index in [1.165, 1.54) is 18.3 Å². The molecule has 0 fully saturated rings. The summed E-state index contributed by atoms with van der Waals surface area (Å²) in [4.78, 5) is 4.98. The monoisotopic (exact) mass is 243 g/mol. The van der Waals surface area contributed by atoms with Gasteiger partial charge in [-0.3, -0.25) is 0 Å². The summed E-state index contributed by atoms with van der Waals surface area (Å²) in [5.41, 5.74) is 0.294. The van der Waals surface area contributed by atoms with Crippen molar-refractivity contribution in [1.82, 2.24) is 4.98 Å². The summed E-state index contributed by atoms with van der Waals surface area (Å²) in [5, 5.41) is 8.70. The van der Waals surface area contributed by atoms with Gasteiger partial charge in [0, 0.05) is 12.2 Å². The fourth-order valence-corrected chi connectivity index (χ4v) is 1.37. The van der Waals surface area contributed by atoms with Crippen molar-refractivity contribution in [3.63, 3.8) is 0 Å². The Kier molecular flexibility index (Phi) is 3.94. The standard InChI is InChI=1S/C11H12F3N3/c1-8(2)17(7-11(12,13)14)10-5-9(6-15)3-4-16-10/h3-5,8H,7H2,1-2H3. The molecule has 0 amide bonds. The first kappa shape index (κ1) is 13.3. The number of halogens is 3.